The molecule has 1 saturated heterocycles. The van der Waals surface area contributed by atoms with Crippen molar-refractivity contribution in [1.29, 1.82) is 0 Å². The number of non-ortho nitro benzene ring substituents is 1. The number of nitro benzene ring substituents is 1. The second-order valence-corrected chi connectivity index (χ2v) is 3.45. The summed E-state index contributed by atoms with van der Waals surface area (Å²) in [6.07, 6.45) is 0. The molecule has 2 rings (SSSR count). The summed E-state index contributed by atoms with van der Waals surface area (Å²) in [4.78, 5) is 10.0. The van der Waals surface area contributed by atoms with Crippen LogP contribution in [-0.2, 0) is 15.3 Å². The Morgan fingerprint density at radius 3 is 2.27 bits per heavy atom. The molecule has 15 heavy (non-hydrogen) atoms. The van der Waals surface area contributed by atoms with Gasteiger partial charge < -0.3 is 9.47 Å². The highest BCUT2D eigenvalue weighted by Gasteiger charge is 2.33. The lowest BCUT2D eigenvalue weighted by Crippen LogP contribution is -2.22. The van der Waals surface area contributed by atoms with Gasteiger partial charge in [-0.05, 0) is 19.1 Å². The van der Waals surface area contributed by atoms with Crippen LogP contribution in [0.2, 0.25) is 0 Å². The molecule has 0 atom stereocenters. The Morgan fingerprint density at radius 2 is 1.80 bits per heavy atom. The zero-order valence-electron chi connectivity index (χ0n) is 8.30. The predicted octanol–water partition coefficient (Wildman–Crippen LogP) is 1.81. The van der Waals surface area contributed by atoms with Crippen LogP contribution in [0.3, 0.4) is 0 Å². The zero-order valence-corrected chi connectivity index (χ0v) is 8.30. The van der Waals surface area contributed by atoms with Gasteiger partial charge in [0.15, 0.2) is 5.79 Å². The van der Waals surface area contributed by atoms with E-state index in [4.69, 9.17) is 9.47 Å². The fraction of sp³-hybridized carbons (Fsp3) is 0.400. The smallest absolute Gasteiger partial charge is 0.269 e. The van der Waals surface area contributed by atoms with Gasteiger partial charge in [0, 0.05) is 17.7 Å². The van der Waals surface area contributed by atoms with Gasteiger partial charge in [-0.1, -0.05) is 0 Å². The monoisotopic (exact) mass is 209 g/mol. The summed E-state index contributed by atoms with van der Waals surface area (Å²) in [6, 6.07) is 6.21. The van der Waals surface area contributed by atoms with Crippen LogP contribution in [0.15, 0.2) is 24.3 Å². The molecule has 1 heterocycles. The Morgan fingerprint density at radius 1 is 1.27 bits per heavy atom. The number of nitro groups is 1. The normalized spacial score (nSPS) is 19.0. The summed E-state index contributed by atoms with van der Waals surface area (Å²) in [5.41, 5.74) is 0.867. The van der Waals surface area contributed by atoms with E-state index in [1.54, 1.807) is 19.1 Å². The van der Waals surface area contributed by atoms with Gasteiger partial charge in [0.25, 0.3) is 5.69 Å². The maximum absolute atomic E-state index is 10.5. The average Bonchev–Trinajstić information content (AvgIpc) is 2.67. The maximum Gasteiger partial charge on any atom is 0.269 e. The van der Waals surface area contributed by atoms with Gasteiger partial charge in [0.05, 0.1) is 18.1 Å². The lowest BCUT2D eigenvalue weighted by atomic mass is 10.1. The molecule has 0 radical (unpaired) electrons. The topological polar surface area (TPSA) is 61.6 Å². The summed E-state index contributed by atoms with van der Waals surface area (Å²) < 4.78 is 10.9. The Hall–Kier alpha value is -1.46. The Labute approximate surface area is 86.8 Å². The molecule has 1 aliphatic rings. The number of benzene rings is 1. The summed E-state index contributed by atoms with van der Waals surface area (Å²) >= 11 is 0. The van der Waals surface area contributed by atoms with E-state index in [2.05, 4.69) is 0 Å². The van der Waals surface area contributed by atoms with E-state index in [1.807, 2.05) is 0 Å². The first-order valence-corrected chi connectivity index (χ1v) is 4.65. The van der Waals surface area contributed by atoms with Gasteiger partial charge in [-0.25, -0.2) is 0 Å². The molecule has 1 aromatic carbocycles. The van der Waals surface area contributed by atoms with Crippen molar-refractivity contribution in [2.45, 2.75) is 12.7 Å². The average molecular weight is 209 g/mol. The van der Waals surface area contributed by atoms with Crippen molar-refractivity contribution in [3.63, 3.8) is 0 Å². The molecule has 0 bridgehead atoms. The molecule has 0 unspecified atom stereocenters. The second-order valence-electron chi connectivity index (χ2n) is 3.45. The second kappa shape index (κ2) is 3.60. The number of hydrogen-bond acceptors (Lipinski definition) is 4. The van der Waals surface area contributed by atoms with Crippen molar-refractivity contribution >= 4 is 5.69 Å². The Balaban J connectivity index is 2.26. The highest BCUT2D eigenvalue weighted by atomic mass is 16.7. The van der Waals surface area contributed by atoms with Crippen LogP contribution in [0.1, 0.15) is 12.5 Å². The third-order valence-electron chi connectivity index (χ3n) is 2.44. The van der Waals surface area contributed by atoms with Crippen molar-refractivity contribution in [1.82, 2.24) is 0 Å². The molecule has 0 amide bonds. The molecule has 0 aliphatic carbocycles. The summed E-state index contributed by atoms with van der Waals surface area (Å²) in [5, 5.41) is 10.5. The van der Waals surface area contributed by atoms with Crippen molar-refractivity contribution < 1.29 is 14.4 Å². The highest BCUT2D eigenvalue weighted by Crippen LogP contribution is 2.31. The van der Waals surface area contributed by atoms with Crippen molar-refractivity contribution in [2.75, 3.05) is 13.2 Å². The van der Waals surface area contributed by atoms with Gasteiger partial charge in [-0.15, -0.1) is 0 Å². The Bertz CT molecular complexity index is 368. The van der Waals surface area contributed by atoms with Crippen LogP contribution in [0.25, 0.3) is 0 Å². The van der Waals surface area contributed by atoms with Crippen molar-refractivity contribution in [2.24, 2.45) is 0 Å². The van der Waals surface area contributed by atoms with Crippen LogP contribution in [0.5, 0.6) is 0 Å². The van der Waals surface area contributed by atoms with Crippen LogP contribution in [0.4, 0.5) is 5.69 Å². The van der Waals surface area contributed by atoms with E-state index in [-0.39, 0.29) is 5.69 Å². The fourth-order valence-corrected chi connectivity index (χ4v) is 1.57. The van der Waals surface area contributed by atoms with Gasteiger partial charge in [0.2, 0.25) is 0 Å². The third-order valence-corrected chi connectivity index (χ3v) is 2.44. The molecule has 5 nitrogen and oxygen atoms in total. The number of nitrogens with zero attached hydrogens (tertiary/aromatic N) is 1. The summed E-state index contributed by atoms with van der Waals surface area (Å²) in [6.45, 7) is 2.90. The van der Waals surface area contributed by atoms with Crippen molar-refractivity contribution in [3.8, 4) is 0 Å². The standard InChI is InChI=1S/C10H11NO4/c1-10(14-6-7-15-10)8-2-4-9(5-3-8)11(12)13/h2-5H,6-7H2,1H3. The van der Waals surface area contributed by atoms with E-state index in [9.17, 15) is 10.1 Å². The van der Waals surface area contributed by atoms with Crippen LogP contribution in [0, 0.1) is 10.1 Å². The minimum absolute atomic E-state index is 0.0698. The zero-order chi connectivity index (χ0) is 10.9. The summed E-state index contributed by atoms with van der Waals surface area (Å²) in [5.74, 6) is -0.755. The van der Waals surface area contributed by atoms with Gasteiger partial charge >= 0.3 is 0 Å². The lowest BCUT2D eigenvalue weighted by Gasteiger charge is -2.22. The van der Waals surface area contributed by atoms with Crippen molar-refractivity contribution in [3.05, 3.63) is 39.9 Å². The molecule has 0 N–H and O–H groups in total. The quantitative estimate of drug-likeness (QED) is 0.550. The SMILES string of the molecule is CC1(c2ccc([N+](=O)[O-])cc2)OCCO1. The minimum Gasteiger partial charge on any atom is -0.344 e. The number of ether oxygens (including phenoxy) is 2. The van der Waals surface area contributed by atoms with E-state index >= 15 is 0 Å². The van der Waals surface area contributed by atoms with E-state index in [1.165, 1.54) is 12.1 Å². The molecular weight excluding hydrogens is 198 g/mol. The predicted molar refractivity (Wildman–Crippen MR) is 52.4 cm³/mol. The van der Waals surface area contributed by atoms with Crippen LogP contribution >= 0.6 is 0 Å². The van der Waals surface area contributed by atoms with Crippen LogP contribution < -0.4 is 0 Å². The molecule has 0 spiro atoms. The first-order valence-electron chi connectivity index (χ1n) is 4.65. The molecular formula is C10H11NO4. The van der Waals surface area contributed by atoms with Gasteiger partial charge in [0.1, 0.15) is 0 Å². The molecule has 0 aromatic heterocycles. The third kappa shape index (κ3) is 1.84. The summed E-state index contributed by atoms with van der Waals surface area (Å²) in [7, 11) is 0. The lowest BCUT2D eigenvalue weighted by molar-refractivity contribution is -0.384. The minimum atomic E-state index is -0.755. The van der Waals surface area contributed by atoms with E-state index in [0.717, 1.165) is 5.56 Å². The fourth-order valence-electron chi connectivity index (χ4n) is 1.57. The molecule has 1 fully saturated rings. The highest BCUT2D eigenvalue weighted by molar-refractivity contribution is 5.34. The first kappa shape index (κ1) is 10.1. The van der Waals surface area contributed by atoms with Crippen LogP contribution in [-0.4, -0.2) is 18.1 Å². The number of rotatable bonds is 2. The molecule has 80 valence electrons. The largest absolute Gasteiger partial charge is 0.344 e. The number of hydrogen-bond donors (Lipinski definition) is 0. The molecule has 5 heteroatoms. The Kier molecular flexibility index (Phi) is 2.42. The first-order chi connectivity index (χ1) is 7.12. The van der Waals surface area contributed by atoms with E-state index in [0.29, 0.717) is 13.2 Å². The van der Waals surface area contributed by atoms with E-state index < -0.39 is 10.7 Å². The van der Waals surface area contributed by atoms with Gasteiger partial charge in [-0.2, -0.15) is 0 Å². The molecule has 0 saturated carbocycles. The molecule has 1 aromatic rings. The van der Waals surface area contributed by atoms with Gasteiger partial charge in [-0.3, -0.25) is 10.1 Å². The molecule has 1 aliphatic heterocycles. The maximum atomic E-state index is 10.5.